The van der Waals surface area contributed by atoms with Gasteiger partial charge in [-0.1, -0.05) is 48.5 Å². The number of carbonyl (C=O) groups is 3. The molecule has 0 N–H and O–H groups in total. The summed E-state index contributed by atoms with van der Waals surface area (Å²) in [5.74, 6) is -0.148. The van der Waals surface area contributed by atoms with Crippen molar-refractivity contribution in [3.8, 4) is 17.2 Å². The molecule has 1 fully saturated rings. The van der Waals surface area contributed by atoms with Gasteiger partial charge in [-0.15, -0.1) is 0 Å². The first-order chi connectivity index (χ1) is 20.0. The third-order valence-electron chi connectivity index (χ3n) is 7.23. The van der Waals surface area contributed by atoms with Crippen LogP contribution >= 0.6 is 0 Å². The Bertz CT molecular complexity index is 1700. The Morgan fingerprint density at radius 1 is 0.951 bits per heavy atom. The second-order valence-electron chi connectivity index (χ2n) is 9.79. The zero-order chi connectivity index (χ0) is 28.3. The molecule has 8 heteroatoms. The fourth-order valence-corrected chi connectivity index (χ4v) is 5.09. The van der Waals surface area contributed by atoms with E-state index in [1.807, 2.05) is 54.6 Å². The summed E-state index contributed by atoms with van der Waals surface area (Å²) in [4.78, 5) is 47.9. The summed E-state index contributed by atoms with van der Waals surface area (Å²) in [6.07, 6.45) is 0.434. The highest BCUT2D eigenvalue weighted by atomic mass is 16.5. The van der Waals surface area contributed by atoms with Crippen molar-refractivity contribution < 1.29 is 23.5 Å². The van der Waals surface area contributed by atoms with Gasteiger partial charge in [0, 0.05) is 17.7 Å². The van der Waals surface area contributed by atoms with E-state index in [1.165, 1.54) is 12.0 Å². The van der Waals surface area contributed by atoms with Crippen LogP contribution in [0.25, 0.3) is 22.6 Å². The molecule has 3 amide bonds. The average molecular weight is 546 g/mol. The first-order valence-electron chi connectivity index (χ1n) is 13.3. The number of anilines is 1. The van der Waals surface area contributed by atoms with Crippen LogP contribution in [0.4, 0.5) is 5.69 Å². The molecule has 6 rings (SSSR count). The monoisotopic (exact) mass is 545 g/mol. The molecular formula is C33H27N3O5. The van der Waals surface area contributed by atoms with Crippen molar-refractivity contribution in [3.05, 3.63) is 114 Å². The van der Waals surface area contributed by atoms with Crippen molar-refractivity contribution in [2.75, 3.05) is 18.6 Å². The molecule has 2 heterocycles. The van der Waals surface area contributed by atoms with Crippen LogP contribution in [-0.2, 0) is 16.0 Å². The molecule has 0 bridgehead atoms. The lowest BCUT2D eigenvalue weighted by molar-refractivity contribution is -0.122. The van der Waals surface area contributed by atoms with Gasteiger partial charge in [0.1, 0.15) is 17.3 Å². The molecular weight excluding hydrogens is 518 g/mol. The van der Waals surface area contributed by atoms with E-state index < -0.39 is 11.9 Å². The molecule has 1 aliphatic rings. The molecule has 4 aromatic carbocycles. The van der Waals surface area contributed by atoms with Crippen molar-refractivity contribution in [1.29, 1.82) is 0 Å². The van der Waals surface area contributed by atoms with E-state index in [0.717, 1.165) is 21.5 Å². The maximum Gasteiger partial charge on any atom is 0.257 e. The topological polar surface area (TPSA) is 92.9 Å². The van der Waals surface area contributed by atoms with Crippen molar-refractivity contribution in [2.24, 2.45) is 0 Å². The van der Waals surface area contributed by atoms with Gasteiger partial charge in [0.25, 0.3) is 11.8 Å². The van der Waals surface area contributed by atoms with E-state index in [0.29, 0.717) is 34.9 Å². The minimum Gasteiger partial charge on any atom is -0.497 e. The largest absolute Gasteiger partial charge is 0.497 e. The van der Waals surface area contributed by atoms with Gasteiger partial charge in [-0.2, -0.15) is 0 Å². The molecule has 204 valence electrons. The number of hydrogen-bond donors (Lipinski definition) is 0. The maximum absolute atomic E-state index is 13.8. The zero-order valence-corrected chi connectivity index (χ0v) is 22.4. The van der Waals surface area contributed by atoms with Crippen LogP contribution in [0.15, 0.2) is 108 Å². The van der Waals surface area contributed by atoms with Crippen LogP contribution in [0, 0.1) is 0 Å². The van der Waals surface area contributed by atoms with Gasteiger partial charge in [-0.3, -0.25) is 14.4 Å². The van der Waals surface area contributed by atoms with Crippen LogP contribution in [0.2, 0.25) is 0 Å². The highest BCUT2D eigenvalue weighted by Crippen LogP contribution is 2.30. The lowest BCUT2D eigenvalue weighted by Gasteiger charge is -2.28. The first kappa shape index (κ1) is 26.0. The number of nitrogens with zero attached hydrogens (tertiary/aromatic N) is 3. The normalized spacial score (nSPS) is 15.0. The predicted octanol–water partition coefficient (Wildman–Crippen LogP) is 5.52. The lowest BCUT2D eigenvalue weighted by Crippen LogP contribution is -2.46. The Balaban J connectivity index is 1.27. The van der Waals surface area contributed by atoms with E-state index in [9.17, 15) is 14.4 Å². The maximum atomic E-state index is 13.8. The molecule has 1 saturated heterocycles. The van der Waals surface area contributed by atoms with Crippen molar-refractivity contribution >= 4 is 34.5 Å². The van der Waals surface area contributed by atoms with Gasteiger partial charge in [0.15, 0.2) is 5.58 Å². The third kappa shape index (κ3) is 5.19. The van der Waals surface area contributed by atoms with E-state index >= 15 is 0 Å². The van der Waals surface area contributed by atoms with Crippen LogP contribution < -0.4 is 9.64 Å². The number of rotatable bonds is 8. The fraction of sp³-hybridized carbons (Fsp3) is 0.152. The third-order valence-corrected chi connectivity index (χ3v) is 7.23. The van der Waals surface area contributed by atoms with Gasteiger partial charge < -0.3 is 14.1 Å². The summed E-state index contributed by atoms with van der Waals surface area (Å²) < 4.78 is 11.1. The van der Waals surface area contributed by atoms with E-state index in [1.54, 1.807) is 48.5 Å². The van der Waals surface area contributed by atoms with E-state index in [4.69, 9.17) is 9.15 Å². The molecule has 1 aromatic heterocycles. The molecule has 1 unspecified atom stereocenters. The van der Waals surface area contributed by atoms with Crippen molar-refractivity contribution in [3.63, 3.8) is 0 Å². The molecule has 8 nitrogen and oxygen atoms in total. The number of carbonyl (C=O) groups excluding carboxylic acids is 3. The number of oxazole rings is 1. The quantitative estimate of drug-likeness (QED) is 0.239. The molecule has 5 aromatic rings. The summed E-state index contributed by atoms with van der Waals surface area (Å²) in [6.45, 7) is 0.272. The van der Waals surface area contributed by atoms with Crippen LogP contribution in [-0.4, -0.2) is 47.3 Å². The average Bonchev–Trinajstić information content (AvgIpc) is 3.58. The van der Waals surface area contributed by atoms with Gasteiger partial charge >= 0.3 is 0 Å². The highest BCUT2D eigenvalue weighted by Gasteiger charge is 2.44. The zero-order valence-electron chi connectivity index (χ0n) is 22.4. The Morgan fingerprint density at radius 2 is 1.71 bits per heavy atom. The molecule has 0 aliphatic carbocycles. The molecule has 1 aliphatic heterocycles. The summed E-state index contributed by atoms with van der Waals surface area (Å²) >= 11 is 0. The van der Waals surface area contributed by atoms with Gasteiger partial charge in [-0.25, -0.2) is 9.88 Å². The minimum absolute atomic E-state index is 0.101. The summed E-state index contributed by atoms with van der Waals surface area (Å²) in [6, 6.07) is 30.0. The van der Waals surface area contributed by atoms with Crippen LogP contribution in [0.1, 0.15) is 22.3 Å². The molecule has 41 heavy (non-hydrogen) atoms. The highest BCUT2D eigenvalue weighted by molar-refractivity contribution is 6.23. The first-order valence-corrected chi connectivity index (χ1v) is 13.3. The van der Waals surface area contributed by atoms with Crippen LogP contribution in [0.3, 0.4) is 0 Å². The Morgan fingerprint density at radius 3 is 2.46 bits per heavy atom. The lowest BCUT2D eigenvalue weighted by atomic mass is 10.1. The van der Waals surface area contributed by atoms with E-state index in [2.05, 4.69) is 4.98 Å². The second kappa shape index (κ2) is 11.1. The number of amides is 3. The van der Waals surface area contributed by atoms with Gasteiger partial charge in [0.2, 0.25) is 11.8 Å². The Labute approximate surface area is 236 Å². The van der Waals surface area contributed by atoms with E-state index in [-0.39, 0.29) is 24.8 Å². The second-order valence-corrected chi connectivity index (χ2v) is 9.79. The summed E-state index contributed by atoms with van der Waals surface area (Å²) in [7, 11) is 1.53. The SMILES string of the molecule is COc1cccc(C(=O)N(CCc2ccccc2)C2CC(=O)N(c3ccc(-c4nc5ccccc5o4)cc3)C2=O)c1. The molecule has 1 atom stereocenters. The Kier molecular flexibility index (Phi) is 7.04. The number of ether oxygens (including phenoxy) is 1. The van der Waals surface area contributed by atoms with Gasteiger partial charge in [0.05, 0.1) is 19.2 Å². The van der Waals surface area contributed by atoms with Crippen LogP contribution in [0.5, 0.6) is 5.75 Å². The summed E-state index contributed by atoms with van der Waals surface area (Å²) in [5.41, 5.74) is 3.99. The molecule has 0 spiro atoms. The predicted molar refractivity (Wildman–Crippen MR) is 155 cm³/mol. The summed E-state index contributed by atoms with van der Waals surface area (Å²) in [5, 5.41) is 0. The smallest absolute Gasteiger partial charge is 0.257 e. The van der Waals surface area contributed by atoms with Crippen molar-refractivity contribution in [1.82, 2.24) is 9.88 Å². The molecule has 0 saturated carbocycles. The molecule has 0 radical (unpaired) electrons. The standard InChI is InChI=1S/C33H27N3O5/c1-40-26-11-7-10-24(20-26)32(38)35(19-18-22-8-3-2-4-9-22)28-21-30(37)36(33(28)39)25-16-14-23(15-17-25)31-34-27-12-5-6-13-29(27)41-31/h2-17,20,28H,18-19,21H2,1H3. The number of para-hydroxylation sites is 2. The fourth-order valence-electron chi connectivity index (χ4n) is 5.09. The number of hydrogen-bond acceptors (Lipinski definition) is 6. The number of aromatic nitrogens is 1. The minimum atomic E-state index is -0.929. The Hall–Kier alpha value is -5.24. The number of imide groups is 1. The number of benzene rings is 4. The number of methoxy groups -OCH3 is 1. The van der Waals surface area contributed by atoms with Crippen molar-refractivity contribution in [2.45, 2.75) is 18.9 Å². The van der Waals surface area contributed by atoms with Gasteiger partial charge in [-0.05, 0) is 66.6 Å². The number of fused-ring (bicyclic) bond motifs is 1.